The van der Waals surface area contributed by atoms with Gasteiger partial charge in [-0.3, -0.25) is 4.99 Å². The van der Waals surface area contributed by atoms with Gasteiger partial charge in [-0.25, -0.2) is 0 Å². The van der Waals surface area contributed by atoms with Crippen molar-refractivity contribution >= 4 is 41.5 Å². The molecule has 0 atom stereocenters. The van der Waals surface area contributed by atoms with Crippen LogP contribution in [0, 0.1) is 0 Å². The lowest BCUT2D eigenvalue weighted by molar-refractivity contribution is 0.665. The largest absolute Gasteiger partial charge is 0.357 e. The van der Waals surface area contributed by atoms with Gasteiger partial charge in [0.05, 0.1) is 0 Å². The maximum absolute atomic E-state index is 5.99. The van der Waals surface area contributed by atoms with E-state index >= 15 is 0 Å². The van der Waals surface area contributed by atoms with Gasteiger partial charge in [0.2, 0.25) is 0 Å². The van der Waals surface area contributed by atoms with Crippen LogP contribution in [0.4, 0.5) is 0 Å². The monoisotopic (exact) mass is 446 g/mol. The number of nitrogens with one attached hydrogen (secondary N) is 2. The molecule has 0 aliphatic rings. The van der Waals surface area contributed by atoms with Gasteiger partial charge in [-0.1, -0.05) is 23.7 Å². The number of hydrogen-bond donors (Lipinski definition) is 2. The molecule has 0 bridgehead atoms. The highest BCUT2D eigenvalue weighted by atomic mass is 127. The van der Waals surface area contributed by atoms with Gasteiger partial charge in [0.25, 0.3) is 0 Å². The van der Waals surface area contributed by atoms with Crippen LogP contribution >= 0.6 is 35.6 Å². The Hall–Kier alpha value is -1.21. The van der Waals surface area contributed by atoms with Gasteiger partial charge >= 0.3 is 0 Å². The van der Waals surface area contributed by atoms with Crippen molar-refractivity contribution < 1.29 is 0 Å². The van der Waals surface area contributed by atoms with Crippen molar-refractivity contribution in [3.63, 3.8) is 0 Å². The van der Waals surface area contributed by atoms with E-state index in [1.165, 1.54) is 5.56 Å². The standard InChI is InChI=1S/C17H23ClN4.HI/c1-2-19-17(21-10-13-22-11-3-4-12-22)20-9-8-15-6-5-7-16(18)14-15;/h3-7,11-12,14H,2,8-10,13H2,1H3,(H2,19,20,21);1H. The first-order chi connectivity index (χ1) is 10.8. The molecule has 2 aromatic rings. The van der Waals surface area contributed by atoms with Gasteiger partial charge in [0.1, 0.15) is 0 Å². The minimum atomic E-state index is 0. The zero-order valence-electron chi connectivity index (χ0n) is 13.3. The van der Waals surface area contributed by atoms with Crippen LogP contribution in [0.2, 0.25) is 5.02 Å². The molecular weight excluding hydrogens is 423 g/mol. The zero-order chi connectivity index (χ0) is 15.6. The van der Waals surface area contributed by atoms with E-state index in [-0.39, 0.29) is 24.0 Å². The molecule has 0 aliphatic heterocycles. The van der Waals surface area contributed by atoms with Crippen molar-refractivity contribution in [3.05, 3.63) is 59.4 Å². The lowest BCUT2D eigenvalue weighted by atomic mass is 10.1. The molecule has 0 aliphatic carbocycles. The Bertz CT molecular complexity index is 584. The minimum Gasteiger partial charge on any atom is -0.357 e. The summed E-state index contributed by atoms with van der Waals surface area (Å²) in [5, 5.41) is 7.39. The summed E-state index contributed by atoms with van der Waals surface area (Å²) in [5.74, 6) is 0.858. The van der Waals surface area contributed by atoms with E-state index in [0.717, 1.165) is 43.6 Å². The molecular formula is C17H24ClIN4. The van der Waals surface area contributed by atoms with Gasteiger partial charge < -0.3 is 15.2 Å². The van der Waals surface area contributed by atoms with Crippen LogP contribution in [0.15, 0.2) is 53.8 Å². The second-order valence-corrected chi connectivity index (χ2v) is 5.42. The van der Waals surface area contributed by atoms with E-state index in [2.05, 4.69) is 45.6 Å². The third-order valence-electron chi connectivity index (χ3n) is 3.23. The Morgan fingerprint density at radius 3 is 2.65 bits per heavy atom. The molecule has 1 aromatic heterocycles. The van der Waals surface area contributed by atoms with Crippen molar-refractivity contribution in [2.45, 2.75) is 19.9 Å². The molecule has 4 nitrogen and oxygen atoms in total. The normalized spacial score (nSPS) is 11.0. The van der Waals surface area contributed by atoms with Gasteiger partial charge in [-0.15, -0.1) is 24.0 Å². The lowest BCUT2D eigenvalue weighted by Gasteiger charge is -2.11. The molecule has 23 heavy (non-hydrogen) atoms. The second-order valence-electron chi connectivity index (χ2n) is 4.99. The maximum Gasteiger partial charge on any atom is 0.191 e. The van der Waals surface area contributed by atoms with Crippen LogP contribution in [0.5, 0.6) is 0 Å². The number of guanidine groups is 1. The quantitative estimate of drug-likeness (QED) is 0.388. The molecule has 0 fully saturated rings. The van der Waals surface area contributed by atoms with Crippen LogP contribution in [0.3, 0.4) is 0 Å². The number of rotatable bonds is 7. The fraction of sp³-hybridized carbons (Fsp3) is 0.353. The van der Waals surface area contributed by atoms with E-state index < -0.39 is 0 Å². The molecule has 0 amide bonds. The maximum atomic E-state index is 5.99. The number of benzene rings is 1. The lowest BCUT2D eigenvalue weighted by Crippen LogP contribution is -2.39. The number of nitrogens with zero attached hydrogens (tertiary/aromatic N) is 2. The molecule has 0 unspecified atom stereocenters. The predicted molar refractivity (Wildman–Crippen MR) is 109 cm³/mol. The SMILES string of the molecule is CCNC(=NCCc1cccc(Cl)c1)NCCn1cccc1.I. The van der Waals surface area contributed by atoms with Crippen LogP contribution in [0.1, 0.15) is 12.5 Å². The molecule has 1 aromatic carbocycles. The third-order valence-corrected chi connectivity index (χ3v) is 3.47. The molecule has 0 saturated heterocycles. The summed E-state index contributed by atoms with van der Waals surface area (Å²) in [4.78, 5) is 4.60. The highest BCUT2D eigenvalue weighted by Crippen LogP contribution is 2.10. The van der Waals surface area contributed by atoms with E-state index in [0.29, 0.717) is 0 Å². The fourth-order valence-corrected chi connectivity index (χ4v) is 2.37. The molecule has 126 valence electrons. The van der Waals surface area contributed by atoms with Crippen molar-refractivity contribution in [1.82, 2.24) is 15.2 Å². The van der Waals surface area contributed by atoms with Crippen LogP contribution in [-0.2, 0) is 13.0 Å². The van der Waals surface area contributed by atoms with Gasteiger partial charge in [-0.2, -0.15) is 0 Å². The summed E-state index contributed by atoms with van der Waals surface area (Å²) in [7, 11) is 0. The van der Waals surface area contributed by atoms with Gasteiger partial charge in [0.15, 0.2) is 5.96 Å². The van der Waals surface area contributed by atoms with Gasteiger partial charge in [-0.05, 0) is 43.2 Å². The van der Waals surface area contributed by atoms with Crippen molar-refractivity contribution in [3.8, 4) is 0 Å². The third kappa shape index (κ3) is 7.74. The molecule has 6 heteroatoms. The highest BCUT2D eigenvalue weighted by molar-refractivity contribution is 14.0. The Labute approximate surface area is 160 Å². The Kier molecular flexibility index (Phi) is 9.78. The first kappa shape index (κ1) is 19.8. The molecule has 2 N–H and O–H groups in total. The second kappa shape index (κ2) is 11.3. The van der Waals surface area contributed by atoms with E-state index in [9.17, 15) is 0 Å². The van der Waals surface area contributed by atoms with E-state index in [1.54, 1.807) is 0 Å². The van der Waals surface area contributed by atoms with E-state index in [1.807, 2.05) is 30.3 Å². The number of aromatic nitrogens is 1. The number of hydrogen-bond acceptors (Lipinski definition) is 1. The van der Waals surface area contributed by atoms with Crippen LogP contribution < -0.4 is 10.6 Å². The number of halogens is 2. The van der Waals surface area contributed by atoms with Crippen molar-refractivity contribution in [1.29, 1.82) is 0 Å². The summed E-state index contributed by atoms with van der Waals surface area (Å²) >= 11 is 5.99. The zero-order valence-corrected chi connectivity index (χ0v) is 16.4. The first-order valence-electron chi connectivity index (χ1n) is 7.65. The minimum absolute atomic E-state index is 0. The Morgan fingerprint density at radius 1 is 1.17 bits per heavy atom. The molecule has 0 radical (unpaired) electrons. The summed E-state index contributed by atoms with van der Waals surface area (Å²) in [6.07, 6.45) is 5.00. The van der Waals surface area contributed by atoms with E-state index in [4.69, 9.17) is 11.6 Å². The summed E-state index contributed by atoms with van der Waals surface area (Å²) in [6, 6.07) is 12.0. The molecule has 2 rings (SSSR count). The van der Waals surface area contributed by atoms with Crippen LogP contribution in [-0.4, -0.2) is 30.2 Å². The Balaban J connectivity index is 0.00000264. The van der Waals surface area contributed by atoms with Crippen molar-refractivity contribution in [2.24, 2.45) is 4.99 Å². The predicted octanol–water partition coefficient (Wildman–Crippen LogP) is 3.56. The molecule has 0 spiro atoms. The summed E-state index contributed by atoms with van der Waals surface area (Å²) in [6.45, 7) is 5.43. The Morgan fingerprint density at radius 2 is 1.96 bits per heavy atom. The van der Waals surface area contributed by atoms with Crippen LogP contribution in [0.25, 0.3) is 0 Å². The van der Waals surface area contributed by atoms with Gasteiger partial charge in [0, 0.05) is 43.6 Å². The number of aliphatic imine (C=N–C) groups is 1. The molecule has 1 heterocycles. The first-order valence-corrected chi connectivity index (χ1v) is 8.03. The highest BCUT2D eigenvalue weighted by Gasteiger charge is 1.98. The fourth-order valence-electron chi connectivity index (χ4n) is 2.15. The average Bonchev–Trinajstić information content (AvgIpc) is 3.01. The van der Waals surface area contributed by atoms with Crippen molar-refractivity contribution in [2.75, 3.05) is 19.6 Å². The topological polar surface area (TPSA) is 41.4 Å². The average molecular weight is 447 g/mol. The molecule has 0 saturated carbocycles. The summed E-state index contributed by atoms with van der Waals surface area (Å²) < 4.78 is 2.14. The smallest absolute Gasteiger partial charge is 0.191 e. The summed E-state index contributed by atoms with van der Waals surface area (Å²) in [5.41, 5.74) is 1.21.